The summed E-state index contributed by atoms with van der Waals surface area (Å²) < 4.78 is 11.2. The second-order valence-electron chi connectivity index (χ2n) is 5.07. The van der Waals surface area contributed by atoms with Crippen molar-refractivity contribution in [2.45, 2.75) is 33.1 Å². The SMILES string of the molecule is CCS(=O)CCNC(=O)CC(C)C1CCCNC1. The summed E-state index contributed by atoms with van der Waals surface area (Å²) >= 11 is 0. The number of nitrogens with one attached hydrogen (secondary N) is 2. The van der Waals surface area contributed by atoms with Crippen LogP contribution in [0, 0.1) is 11.8 Å². The molecule has 3 unspecified atom stereocenters. The predicted octanol–water partition coefficient (Wildman–Crippen LogP) is 0.897. The van der Waals surface area contributed by atoms with Gasteiger partial charge in [0.05, 0.1) is 0 Å². The molecule has 2 N–H and O–H groups in total. The third-order valence-electron chi connectivity index (χ3n) is 3.62. The second-order valence-corrected chi connectivity index (χ2v) is 6.94. The van der Waals surface area contributed by atoms with Crippen LogP contribution >= 0.6 is 0 Å². The average Bonchev–Trinajstić information content (AvgIpc) is 2.39. The van der Waals surface area contributed by atoms with Crippen LogP contribution in [0.3, 0.4) is 0 Å². The van der Waals surface area contributed by atoms with E-state index in [0.717, 1.165) is 13.1 Å². The molecule has 0 aliphatic carbocycles. The van der Waals surface area contributed by atoms with E-state index in [1.165, 1.54) is 12.8 Å². The molecule has 1 aliphatic heterocycles. The zero-order valence-electron chi connectivity index (χ0n) is 11.5. The molecule has 18 heavy (non-hydrogen) atoms. The standard InChI is InChI=1S/C13H26N2O2S/c1-3-18(17)8-7-15-13(16)9-11(2)12-5-4-6-14-10-12/h11-12,14H,3-10H2,1-2H3,(H,15,16). The van der Waals surface area contributed by atoms with Gasteiger partial charge in [-0.2, -0.15) is 0 Å². The monoisotopic (exact) mass is 274 g/mol. The molecule has 0 saturated carbocycles. The number of carbonyl (C=O) groups is 1. The van der Waals surface area contributed by atoms with Gasteiger partial charge in [-0.05, 0) is 37.8 Å². The van der Waals surface area contributed by atoms with Crippen LogP contribution in [0.4, 0.5) is 0 Å². The highest BCUT2D eigenvalue weighted by molar-refractivity contribution is 7.84. The summed E-state index contributed by atoms with van der Waals surface area (Å²) in [5.74, 6) is 2.38. The summed E-state index contributed by atoms with van der Waals surface area (Å²) in [7, 11) is -0.785. The average molecular weight is 274 g/mol. The van der Waals surface area contributed by atoms with E-state index >= 15 is 0 Å². The van der Waals surface area contributed by atoms with Crippen molar-refractivity contribution in [3.63, 3.8) is 0 Å². The first kappa shape index (κ1) is 15.6. The molecule has 0 radical (unpaired) electrons. The topological polar surface area (TPSA) is 58.2 Å². The molecular weight excluding hydrogens is 248 g/mol. The minimum atomic E-state index is -0.785. The highest BCUT2D eigenvalue weighted by Crippen LogP contribution is 2.22. The summed E-state index contributed by atoms with van der Waals surface area (Å²) in [4.78, 5) is 11.7. The molecule has 1 fully saturated rings. The van der Waals surface area contributed by atoms with Crippen LogP contribution in [-0.2, 0) is 15.6 Å². The third kappa shape index (κ3) is 5.96. The van der Waals surface area contributed by atoms with Crippen molar-refractivity contribution in [2.75, 3.05) is 31.1 Å². The lowest BCUT2D eigenvalue weighted by molar-refractivity contribution is -0.122. The van der Waals surface area contributed by atoms with Gasteiger partial charge in [0.1, 0.15) is 0 Å². The number of carbonyl (C=O) groups excluding carboxylic acids is 1. The summed E-state index contributed by atoms with van der Waals surface area (Å²) in [6.45, 7) is 6.74. The zero-order chi connectivity index (χ0) is 13.4. The summed E-state index contributed by atoms with van der Waals surface area (Å²) in [5.41, 5.74) is 0. The number of hydrogen-bond acceptors (Lipinski definition) is 3. The molecule has 1 saturated heterocycles. The number of amides is 1. The molecule has 0 bridgehead atoms. The van der Waals surface area contributed by atoms with Gasteiger partial charge in [-0.15, -0.1) is 0 Å². The maximum atomic E-state index is 11.7. The van der Waals surface area contributed by atoms with Gasteiger partial charge in [-0.1, -0.05) is 13.8 Å². The Balaban J connectivity index is 2.16. The first-order chi connectivity index (χ1) is 8.63. The van der Waals surface area contributed by atoms with E-state index in [1.54, 1.807) is 0 Å². The van der Waals surface area contributed by atoms with E-state index < -0.39 is 10.8 Å². The molecule has 1 aliphatic rings. The minimum absolute atomic E-state index is 0.0983. The van der Waals surface area contributed by atoms with Crippen LogP contribution in [-0.4, -0.2) is 41.3 Å². The van der Waals surface area contributed by atoms with Gasteiger partial charge in [0, 0.05) is 35.3 Å². The summed E-state index contributed by atoms with van der Waals surface area (Å²) in [5, 5.41) is 6.25. The van der Waals surface area contributed by atoms with Gasteiger partial charge in [0.2, 0.25) is 5.91 Å². The maximum Gasteiger partial charge on any atom is 0.220 e. The molecule has 4 nitrogen and oxygen atoms in total. The van der Waals surface area contributed by atoms with E-state index in [9.17, 15) is 9.00 Å². The van der Waals surface area contributed by atoms with Crippen LogP contribution < -0.4 is 10.6 Å². The van der Waals surface area contributed by atoms with E-state index in [-0.39, 0.29) is 5.91 Å². The Morgan fingerprint density at radius 2 is 2.33 bits per heavy atom. The van der Waals surface area contributed by atoms with Crippen molar-refractivity contribution in [1.82, 2.24) is 10.6 Å². The van der Waals surface area contributed by atoms with Crippen molar-refractivity contribution in [1.29, 1.82) is 0 Å². The van der Waals surface area contributed by atoms with E-state index in [4.69, 9.17) is 0 Å². The Kier molecular flexibility index (Phi) is 7.51. The normalized spacial score (nSPS) is 23.3. The molecule has 0 aromatic heterocycles. The van der Waals surface area contributed by atoms with Crippen molar-refractivity contribution in [2.24, 2.45) is 11.8 Å². The highest BCUT2D eigenvalue weighted by atomic mass is 32.2. The first-order valence-corrected chi connectivity index (χ1v) is 8.44. The zero-order valence-corrected chi connectivity index (χ0v) is 12.4. The molecule has 5 heteroatoms. The highest BCUT2D eigenvalue weighted by Gasteiger charge is 2.21. The van der Waals surface area contributed by atoms with Crippen LogP contribution in [0.2, 0.25) is 0 Å². The first-order valence-electron chi connectivity index (χ1n) is 6.95. The Morgan fingerprint density at radius 1 is 1.56 bits per heavy atom. The van der Waals surface area contributed by atoms with Crippen LogP contribution in [0.1, 0.15) is 33.1 Å². The van der Waals surface area contributed by atoms with Crippen molar-refractivity contribution in [3.05, 3.63) is 0 Å². The Hall–Kier alpha value is -0.420. The number of piperidine rings is 1. The number of hydrogen-bond donors (Lipinski definition) is 2. The fourth-order valence-corrected chi connectivity index (χ4v) is 2.96. The van der Waals surface area contributed by atoms with Gasteiger partial charge in [-0.25, -0.2) is 0 Å². The van der Waals surface area contributed by atoms with Gasteiger partial charge in [0.15, 0.2) is 0 Å². The van der Waals surface area contributed by atoms with Gasteiger partial charge >= 0.3 is 0 Å². The predicted molar refractivity (Wildman–Crippen MR) is 75.9 cm³/mol. The lowest BCUT2D eigenvalue weighted by Crippen LogP contribution is -2.36. The molecule has 106 valence electrons. The molecule has 1 rings (SSSR count). The largest absolute Gasteiger partial charge is 0.355 e. The smallest absolute Gasteiger partial charge is 0.220 e. The van der Waals surface area contributed by atoms with Gasteiger partial charge < -0.3 is 10.6 Å². The quantitative estimate of drug-likeness (QED) is 0.725. The Bertz CT molecular complexity index is 278. The Morgan fingerprint density at radius 3 is 2.94 bits per heavy atom. The minimum Gasteiger partial charge on any atom is -0.355 e. The third-order valence-corrected chi connectivity index (χ3v) is 4.92. The fourth-order valence-electron chi connectivity index (χ4n) is 2.34. The molecule has 3 atom stereocenters. The summed E-state index contributed by atoms with van der Waals surface area (Å²) in [6.07, 6.45) is 3.03. The maximum absolute atomic E-state index is 11.7. The Labute approximate surface area is 113 Å². The van der Waals surface area contributed by atoms with Crippen LogP contribution in [0.5, 0.6) is 0 Å². The van der Waals surface area contributed by atoms with Gasteiger partial charge in [-0.3, -0.25) is 9.00 Å². The molecule has 0 aromatic rings. The van der Waals surface area contributed by atoms with E-state index in [2.05, 4.69) is 17.6 Å². The van der Waals surface area contributed by atoms with Crippen molar-refractivity contribution >= 4 is 16.7 Å². The lowest BCUT2D eigenvalue weighted by Gasteiger charge is -2.28. The van der Waals surface area contributed by atoms with Crippen molar-refractivity contribution in [3.8, 4) is 0 Å². The van der Waals surface area contributed by atoms with Crippen LogP contribution in [0.15, 0.2) is 0 Å². The molecule has 0 aromatic carbocycles. The molecule has 0 spiro atoms. The van der Waals surface area contributed by atoms with E-state index in [1.807, 2.05) is 6.92 Å². The molecule has 1 heterocycles. The van der Waals surface area contributed by atoms with Crippen molar-refractivity contribution < 1.29 is 9.00 Å². The van der Waals surface area contributed by atoms with E-state index in [0.29, 0.717) is 36.3 Å². The molecular formula is C13H26N2O2S. The molecule has 1 amide bonds. The van der Waals surface area contributed by atoms with Gasteiger partial charge in [0.25, 0.3) is 0 Å². The summed E-state index contributed by atoms with van der Waals surface area (Å²) in [6, 6.07) is 0. The lowest BCUT2D eigenvalue weighted by atomic mass is 9.85. The number of rotatable bonds is 7. The van der Waals surface area contributed by atoms with Crippen LogP contribution in [0.25, 0.3) is 0 Å². The fraction of sp³-hybridized carbons (Fsp3) is 0.923. The second kappa shape index (κ2) is 8.64.